The average Bonchev–Trinajstić information content (AvgIpc) is 2.93. The Balaban J connectivity index is 1.97. The van der Waals surface area contributed by atoms with E-state index in [0.29, 0.717) is 11.8 Å². The Bertz CT molecular complexity index is 565. The Morgan fingerprint density at radius 3 is 2.55 bits per heavy atom. The molecule has 1 heteroatoms. The van der Waals surface area contributed by atoms with Gasteiger partial charge in [0.05, 0.1) is 0 Å². The van der Waals surface area contributed by atoms with Crippen molar-refractivity contribution in [3.05, 3.63) is 58.7 Å². The molecule has 2 unspecified atom stereocenters. The zero-order valence-electron chi connectivity index (χ0n) is 12.2. The lowest BCUT2D eigenvalue weighted by atomic mass is 9.70. The summed E-state index contributed by atoms with van der Waals surface area (Å²) in [5, 5.41) is 7.67. The van der Waals surface area contributed by atoms with Crippen LogP contribution in [0.2, 0.25) is 0 Å². The van der Waals surface area contributed by atoms with Gasteiger partial charge in [0.15, 0.2) is 0 Å². The molecule has 1 nitrogen and oxygen atoms in total. The molecule has 2 atom stereocenters. The quantitative estimate of drug-likeness (QED) is 0.723. The molecule has 0 amide bonds. The number of hydrogen-bond donors (Lipinski definition) is 1. The Kier molecular flexibility index (Phi) is 3.86. The molecule has 104 valence electrons. The van der Waals surface area contributed by atoms with E-state index in [4.69, 9.17) is 5.41 Å². The maximum atomic E-state index is 7.67. The van der Waals surface area contributed by atoms with E-state index in [2.05, 4.69) is 37.3 Å². The van der Waals surface area contributed by atoms with Crippen LogP contribution in [-0.4, -0.2) is 6.21 Å². The van der Waals surface area contributed by atoms with Gasteiger partial charge >= 0.3 is 0 Å². The third-order valence-electron chi connectivity index (χ3n) is 4.98. The Morgan fingerprint density at radius 1 is 1.10 bits per heavy atom. The molecule has 0 bridgehead atoms. The van der Waals surface area contributed by atoms with Gasteiger partial charge in [-0.15, -0.1) is 0 Å². The van der Waals surface area contributed by atoms with Crippen LogP contribution < -0.4 is 0 Å². The number of benzene rings is 1. The van der Waals surface area contributed by atoms with Crippen molar-refractivity contribution in [1.29, 1.82) is 5.41 Å². The van der Waals surface area contributed by atoms with E-state index in [9.17, 15) is 0 Å². The molecule has 1 saturated carbocycles. The molecule has 1 aromatic rings. The molecule has 1 N–H and O–H groups in total. The molecule has 2 aliphatic rings. The molecule has 0 aromatic heterocycles. The van der Waals surface area contributed by atoms with Crippen LogP contribution in [0.25, 0.3) is 0 Å². The summed E-state index contributed by atoms with van der Waals surface area (Å²) in [6.45, 7) is 2.26. The van der Waals surface area contributed by atoms with Crippen LogP contribution in [-0.2, 0) is 0 Å². The van der Waals surface area contributed by atoms with Gasteiger partial charge in [0.25, 0.3) is 0 Å². The second kappa shape index (κ2) is 5.78. The standard InChI is InChI=1S/C19H23N/c1-14-7-6-12-16(14)18-10-4-5-11-19(18)17-9-3-2-8-15(17)13-20/h2-3,6-9,13,18-20H,4-5,10-12H2,1H3. The molecule has 3 rings (SSSR count). The van der Waals surface area contributed by atoms with E-state index < -0.39 is 0 Å². The van der Waals surface area contributed by atoms with Crippen LogP contribution in [0.5, 0.6) is 0 Å². The van der Waals surface area contributed by atoms with E-state index in [-0.39, 0.29) is 0 Å². The fraction of sp³-hybridized carbons (Fsp3) is 0.421. The third-order valence-corrected chi connectivity index (χ3v) is 4.98. The molecular weight excluding hydrogens is 242 g/mol. The summed E-state index contributed by atoms with van der Waals surface area (Å²) in [5.41, 5.74) is 5.62. The van der Waals surface area contributed by atoms with Crippen LogP contribution >= 0.6 is 0 Å². The summed E-state index contributed by atoms with van der Waals surface area (Å²) in [6, 6.07) is 8.50. The summed E-state index contributed by atoms with van der Waals surface area (Å²) < 4.78 is 0. The molecule has 1 fully saturated rings. The first-order chi connectivity index (χ1) is 9.81. The minimum Gasteiger partial charge on any atom is -0.308 e. The highest BCUT2D eigenvalue weighted by Gasteiger charge is 2.31. The first-order valence-corrected chi connectivity index (χ1v) is 7.77. The van der Waals surface area contributed by atoms with Crippen molar-refractivity contribution in [2.75, 3.05) is 0 Å². The van der Waals surface area contributed by atoms with Crippen molar-refractivity contribution < 1.29 is 0 Å². The molecule has 0 spiro atoms. The number of nitrogens with one attached hydrogen (secondary N) is 1. The minimum atomic E-state index is 0.603. The summed E-state index contributed by atoms with van der Waals surface area (Å²) in [5.74, 6) is 1.28. The van der Waals surface area contributed by atoms with E-state index >= 15 is 0 Å². The topological polar surface area (TPSA) is 23.9 Å². The summed E-state index contributed by atoms with van der Waals surface area (Å²) in [7, 11) is 0. The average molecular weight is 265 g/mol. The van der Waals surface area contributed by atoms with Gasteiger partial charge in [-0.3, -0.25) is 0 Å². The van der Waals surface area contributed by atoms with Crippen molar-refractivity contribution in [3.63, 3.8) is 0 Å². The van der Waals surface area contributed by atoms with E-state index in [1.165, 1.54) is 43.0 Å². The first-order valence-electron chi connectivity index (χ1n) is 7.77. The fourth-order valence-electron chi connectivity index (χ4n) is 3.97. The Hall–Kier alpha value is -1.63. The zero-order chi connectivity index (χ0) is 13.9. The highest BCUT2D eigenvalue weighted by atomic mass is 14.4. The lowest BCUT2D eigenvalue weighted by Crippen LogP contribution is -2.21. The lowest BCUT2D eigenvalue weighted by Gasteiger charge is -2.34. The van der Waals surface area contributed by atoms with Gasteiger partial charge < -0.3 is 5.41 Å². The van der Waals surface area contributed by atoms with Gasteiger partial charge in [0, 0.05) is 6.21 Å². The minimum absolute atomic E-state index is 0.603. The SMILES string of the molecule is CC1=C(C2CCCCC2c2ccccc2C=N)CC=C1. The van der Waals surface area contributed by atoms with Gasteiger partial charge in [-0.25, -0.2) is 0 Å². The maximum Gasteiger partial charge on any atom is 0.0253 e. The summed E-state index contributed by atoms with van der Waals surface area (Å²) in [4.78, 5) is 0. The predicted molar refractivity (Wildman–Crippen MR) is 85.5 cm³/mol. The van der Waals surface area contributed by atoms with Crippen LogP contribution in [0, 0.1) is 11.3 Å². The van der Waals surface area contributed by atoms with Gasteiger partial charge in [0.1, 0.15) is 0 Å². The second-order valence-electron chi connectivity index (χ2n) is 6.09. The lowest BCUT2D eigenvalue weighted by molar-refractivity contribution is 0.343. The second-order valence-corrected chi connectivity index (χ2v) is 6.09. The molecule has 0 heterocycles. The van der Waals surface area contributed by atoms with Crippen LogP contribution in [0.1, 0.15) is 56.1 Å². The predicted octanol–water partition coefficient (Wildman–Crippen LogP) is 5.23. The third kappa shape index (κ3) is 2.37. The first kappa shape index (κ1) is 13.4. The number of rotatable bonds is 3. The summed E-state index contributed by atoms with van der Waals surface area (Å²) in [6.07, 6.45) is 12.5. The maximum absolute atomic E-state index is 7.67. The Labute approximate surface area is 121 Å². The fourth-order valence-corrected chi connectivity index (χ4v) is 3.97. The van der Waals surface area contributed by atoms with Crippen molar-refractivity contribution >= 4 is 6.21 Å². The van der Waals surface area contributed by atoms with Gasteiger partial charge in [-0.1, -0.05) is 60.4 Å². The largest absolute Gasteiger partial charge is 0.308 e. The highest BCUT2D eigenvalue weighted by Crippen LogP contribution is 2.45. The van der Waals surface area contributed by atoms with Crippen molar-refractivity contribution in [3.8, 4) is 0 Å². The molecular formula is C19H23N. The van der Waals surface area contributed by atoms with E-state index in [1.54, 1.807) is 5.57 Å². The molecule has 2 aliphatic carbocycles. The van der Waals surface area contributed by atoms with Gasteiger partial charge in [-0.2, -0.15) is 0 Å². The van der Waals surface area contributed by atoms with Crippen molar-refractivity contribution in [1.82, 2.24) is 0 Å². The molecule has 0 saturated heterocycles. The summed E-state index contributed by atoms with van der Waals surface area (Å²) >= 11 is 0. The van der Waals surface area contributed by atoms with Gasteiger partial charge in [0.2, 0.25) is 0 Å². The molecule has 20 heavy (non-hydrogen) atoms. The normalized spacial score (nSPS) is 26.1. The van der Waals surface area contributed by atoms with Gasteiger partial charge in [-0.05, 0) is 49.1 Å². The Morgan fingerprint density at radius 2 is 1.85 bits per heavy atom. The molecule has 0 aliphatic heterocycles. The molecule has 0 radical (unpaired) electrons. The van der Waals surface area contributed by atoms with Crippen LogP contribution in [0.4, 0.5) is 0 Å². The number of hydrogen-bond acceptors (Lipinski definition) is 1. The van der Waals surface area contributed by atoms with Crippen molar-refractivity contribution in [2.24, 2.45) is 5.92 Å². The molecule has 1 aromatic carbocycles. The number of allylic oxidation sites excluding steroid dienone is 4. The van der Waals surface area contributed by atoms with Crippen LogP contribution in [0.15, 0.2) is 47.6 Å². The van der Waals surface area contributed by atoms with Crippen LogP contribution in [0.3, 0.4) is 0 Å². The highest BCUT2D eigenvalue weighted by molar-refractivity contribution is 5.79. The smallest absolute Gasteiger partial charge is 0.0253 e. The monoisotopic (exact) mass is 265 g/mol. The van der Waals surface area contributed by atoms with E-state index in [0.717, 1.165) is 12.0 Å². The van der Waals surface area contributed by atoms with Crippen molar-refractivity contribution in [2.45, 2.75) is 44.9 Å². The zero-order valence-corrected chi connectivity index (χ0v) is 12.2. The van der Waals surface area contributed by atoms with E-state index in [1.807, 2.05) is 6.07 Å².